The summed E-state index contributed by atoms with van der Waals surface area (Å²) >= 11 is 0. The Hall–Kier alpha value is -3.55. The Balaban J connectivity index is 1.91. The van der Waals surface area contributed by atoms with Crippen molar-refractivity contribution in [3.63, 3.8) is 0 Å². The molecule has 2 aromatic heterocycles. The highest BCUT2D eigenvalue weighted by Gasteiger charge is 2.28. The highest BCUT2D eigenvalue weighted by Crippen LogP contribution is 2.30. The molecule has 0 bridgehead atoms. The van der Waals surface area contributed by atoms with Crippen LogP contribution in [0.3, 0.4) is 0 Å². The van der Waals surface area contributed by atoms with Gasteiger partial charge in [-0.25, -0.2) is 9.18 Å². The number of ether oxygens (including phenoxy) is 1. The smallest absolute Gasteiger partial charge is 0.344 e. The van der Waals surface area contributed by atoms with Crippen LogP contribution in [0.25, 0.3) is 11.3 Å². The first-order chi connectivity index (χ1) is 13.4. The normalized spacial score (nSPS) is 10.6. The number of anilines is 2. The Morgan fingerprint density at radius 3 is 2.39 bits per heavy atom. The van der Waals surface area contributed by atoms with E-state index < -0.39 is 5.97 Å². The van der Waals surface area contributed by atoms with Crippen LogP contribution >= 0.6 is 0 Å². The van der Waals surface area contributed by atoms with Crippen molar-refractivity contribution in [3.8, 4) is 11.3 Å². The summed E-state index contributed by atoms with van der Waals surface area (Å²) in [7, 11) is 0. The summed E-state index contributed by atoms with van der Waals surface area (Å²) in [6.45, 7) is 4.77. The van der Waals surface area contributed by atoms with E-state index in [0.29, 0.717) is 22.8 Å². The van der Waals surface area contributed by atoms with E-state index in [-0.39, 0.29) is 35.2 Å². The third kappa shape index (κ3) is 3.90. The topological polar surface area (TPSA) is 94.3 Å². The number of nitrogens with zero attached hydrogens (tertiary/aromatic N) is 2. The largest absolute Gasteiger partial charge is 0.462 e. The fraction of sp³-hybridized carbons (Fsp3) is 0.200. The van der Waals surface area contributed by atoms with Crippen molar-refractivity contribution < 1.29 is 23.1 Å². The van der Waals surface area contributed by atoms with Gasteiger partial charge in [0.25, 0.3) is 0 Å². The summed E-state index contributed by atoms with van der Waals surface area (Å²) in [5.74, 6) is -0.645. The predicted octanol–water partition coefficient (Wildman–Crippen LogP) is 4.31. The molecule has 3 rings (SSSR count). The fourth-order valence-electron chi connectivity index (χ4n) is 2.74. The molecule has 0 unspecified atom stereocenters. The lowest BCUT2D eigenvalue weighted by Crippen LogP contribution is -2.11. The van der Waals surface area contributed by atoms with Gasteiger partial charge in [0.15, 0.2) is 11.6 Å². The number of carbonyl (C=O) groups is 2. The average molecular weight is 383 g/mol. The molecule has 7 nitrogen and oxygen atoms in total. The molecule has 0 saturated carbocycles. The quantitative estimate of drug-likeness (QED) is 0.501. The number of carbonyl (C=O) groups excluding carboxylic acids is 2. The number of benzene rings is 1. The van der Waals surface area contributed by atoms with Crippen molar-refractivity contribution in [2.75, 3.05) is 11.9 Å². The molecule has 0 aliphatic heterocycles. The van der Waals surface area contributed by atoms with Crippen molar-refractivity contribution in [1.29, 1.82) is 0 Å². The van der Waals surface area contributed by atoms with Gasteiger partial charge in [-0.3, -0.25) is 4.79 Å². The molecule has 0 aliphatic rings. The van der Waals surface area contributed by atoms with Crippen LogP contribution in [-0.2, 0) is 4.74 Å². The monoisotopic (exact) mass is 383 g/mol. The highest BCUT2D eigenvalue weighted by molar-refractivity contribution is 6.09. The summed E-state index contributed by atoms with van der Waals surface area (Å²) in [5.41, 5.74) is 1.45. The number of ketones is 1. The molecule has 0 amide bonds. The minimum Gasteiger partial charge on any atom is -0.462 e. The Kier molecular flexibility index (Phi) is 5.49. The number of hydrogen-bond acceptors (Lipinski definition) is 7. The van der Waals surface area contributed by atoms with E-state index in [1.165, 1.54) is 19.1 Å². The molecule has 0 aliphatic carbocycles. The number of halogens is 1. The molecule has 1 aromatic carbocycles. The number of aryl methyl sites for hydroxylation is 1. The number of nitrogens with one attached hydrogen (secondary N) is 1. The van der Waals surface area contributed by atoms with Gasteiger partial charge in [-0.2, -0.15) is 0 Å². The molecule has 28 heavy (non-hydrogen) atoms. The zero-order valence-electron chi connectivity index (χ0n) is 15.6. The van der Waals surface area contributed by atoms with Crippen LogP contribution in [0.5, 0.6) is 0 Å². The molecular formula is C20H18FN3O4. The molecule has 8 heteroatoms. The summed E-state index contributed by atoms with van der Waals surface area (Å²) in [5, 5.41) is 11.0. The summed E-state index contributed by atoms with van der Waals surface area (Å²) in [6, 6.07) is 9.19. The number of Topliss-reactive ketones (excluding diaryl/α,β-unsaturated/α-hetero) is 1. The third-order valence-electron chi connectivity index (χ3n) is 3.96. The average Bonchev–Trinajstić information content (AvgIpc) is 2.99. The van der Waals surface area contributed by atoms with Gasteiger partial charge < -0.3 is 14.5 Å². The Labute approximate surface area is 160 Å². The number of rotatable bonds is 6. The third-order valence-corrected chi connectivity index (χ3v) is 3.96. The van der Waals surface area contributed by atoms with Gasteiger partial charge in [-0.15, -0.1) is 10.2 Å². The molecule has 144 valence electrons. The van der Waals surface area contributed by atoms with E-state index in [1.54, 1.807) is 38.1 Å². The highest BCUT2D eigenvalue weighted by atomic mass is 19.1. The summed E-state index contributed by atoms with van der Waals surface area (Å²) < 4.78 is 23.6. The van der Waals surface area contributed by atoms with Crippen LogP contribution in [0.1, 0.15) is 40.3 Å². The lowest BCUT2D eigenvalue weighted by atomic mass is 10.1. The van der Waals surface area contributed by atoms with Crippen LogP contribution in [0, 0.1) is 12.7 Å². The second-order valence-electron chi connectivity index (χ2n) is 5.95. The molecule has 1 N–H and O–H groups in total. The van der Waals surface area contributed by atoms with Crippen molar-refractivity contribution in [2.45, 2.75) is 20.8 Å². The van der Waals surface area contributed by atoms with Crippen LogP contribution in [0.2, 0.25) is 0 Å². The number of esters is 1. The van der Waals surface area contributed by atoms with Crippen LogP contribution in [0.15, 0.2) is 40.8 Å². The maximum absolute atomic E-state index is 13.0. The zero-order chi connectivity index (χ0) is 20.3. The van der Waals surface area contributed by atoms with E-state index >= 15 is 0 Å². The molecular weight excluding hydrogens is 365 g/mol. The van der Waals surface area contributed by atoms with Crippen LogP contribution in [0.4, 0.5) is 16.1 Å². The van der Waals surface area contributed by atoms with Crippen LogP contribution in [-0.4, -0.2) is 28.6 Å². The Morgan fingerprint density at radius 1 is 1.11 bits per heavy atom. The summed E-state index contributed by atoms with van der Waals surface area (Å²) in [4.78, 5) is 24.3. The van der Waals surface area contributed by atoms with Gasteiger partial charge in [0.2, 0.25) is 5.88 Å². The fourth-order valence-corrected chi connectivity index (χ4v) is 2.74. The zero-order valence-corrected chi connectivity index (χ0v) is 15.6. The summed E-state index contributed by atoms with van der Waals surface area (Å²) in [6.07, 6.45) is 0. The minimum atomic E-state index is -0.664. The molecule has 0 atom stereocenters. The van der Waals surface area contributed by atoms with E-state index in [1.807, 2.05) is 0 Å². The van der Waals surface area contributed by atoms with E-state index in [2.05, 4.69) is 15.5 Å². The molecule has 0 spiro atoms. The number of hydrogen-bond donors (Lipinski definition) is 1. The van der Waals surface area contributed by atoms with Gasteiger partial charge in [0, 0.05) is 5.56 Å². The molecule has 2 heterocycles. The standard InChI is InChI=1S/C20H18FN3O4/c1-4-27-20(26)18-17(11(2)25)12(3)28-19(18)22-16-10-9-15(23-24-16)13-5-7-14(21)8-6-13/h5-10H,4H2,1-3H3,(H,22,24). The number of furan rings is 1. The van der Waals surface area contributed by atoms with Gasteiger partial charge in [0.1, 0.15) is 17.1 Å². The van der Waals surface area contributed by atoms with Crippen molar-refractivity contribution >= 4 is 23.5 Å². The Morgan fingerprint density at radius 2 is 1.82 bits per heavy atom. The van der Waals surface area contributed by atoms with Gasteiger partial charge in [0.05, 0.1) is 17.9 Å². The lowest BCUT2D eigenvalue weighted by molar-refractivity contribution is 0.0524. The minimum absolute atomic E-state index is 0.0243. The lowest BCUT2D eigenvalue weighted by Gasteiger charge is -2.06. The van der Waals surface area contributed by atoms with Crippen molar-refractivity contribution in [3.05, 3.63) is 59.1 Å². The van der Waals surface area contributed by atoms with Gasteiger partial charge in [-0.1, -0.05) is 0 Å². The maximum atomic E-state index is 13.0. The SMILES string of the molecule is CCOC(=O)c1c(Nc2ccc(-c3ccc(F)cc3)nn2)oc(C)c1C(C)=O. The predicted molar refractivity (Wildman–Crippen MR) is 100 cm³/mol. The molecule has 0 radical (unpaired) electrons. The van der Waals surface area contributed by atoms with Gasteiger partial charge >= 0.3 is 5.97 Å². The van der Waals surface area contributed by atoms with Crippen molar-refractivity contribution in [1.82, 2.24) is 10.2 Å². The first-order valence-corrected chi connectivity index (χ1v) is 8.58. The van der Waals surface area contributed by atoms with E-state index in [0.717, 1.165) is 0 Å². The van der Waals surface area contributed by atoms with Crippen LogP contribution < -0.4 is 5.32 Å². The number of aromatic nitrogens is 2. The molecule has 0 fully saturated rings. The molecule has 3 aromatic rings. The first kappa shape index (κ1) is 19.2. The second kappa shape index (κ2) is 7.99. The second-order valence-corrected chi connectivity index (χ2v) is 5.95. The Bertz CT molecular complexity index is 1010. The van der Waals surface area contributed by atoms with E-state index in [9.17, 15) is 14.0 Å². The first-order valence-electron chi connectivity index (χ1n) is 8.58. The van der Waals surface area contributed by atoms with Crippen molar-refractivity contribution in [2.24, 2.45) is 0 Å². The maximum Gasteiger partial charge on any atom is 0.344 e. The molecule has 0 saturated heterocycles. The van der Waals surface area contributed by atoms with Gasteiger partial charge in [-0.05, 0) is 57.2 Å². The van der Waals surface area contributed by atoms with E-state index in [4.69, 9.17) is 9.15 Å².